The number of hydrogen-bond acceptors (Lipinski definition) is 11. The van der Waals surface area contributed by atoms with E-state index in [0.29, 0.717) is 0 Å². The average Bonchev–Trinajstić information content (AvgIpc) is 2.77. The van der Waals surface area contributed by atoms with Gasteiger partial charge in [-0.3, -0.25) is 4.79 Å². The van der Waals surface area contributed by atoms with Crippen LogP contribution < -0.4 is 4.74 Å². The fourth-order valence-electron chi connectivity index (χ4n) is 3.72. The number of phenolic OH excluding ortho intramolecular Hbond substituents is 3. The van der Waals surface area contributed by atoms with E-state index in [0.717, 1.165) is 6.07 Å². The molecule has 1 fully saturated rings. The summed E-state index contributed by atoms with van der Waals surface area (Å²) in [5.41, 5.74) is 0.286. The molecule has 1 saturated heterocycles. The number of fused-ring (bicyclic) bond motifs is 1. The van der Waals surface area contributed by atoms with Gasteiger partial charge in [-0.15, -0.1) is 0 Å². The molecule has 2 aliphatic heterocycles. The SMILES string of the molecule is O=C1c2ccc(O)cc2O[C@H](c2ccc(O)c(O)c2)[C@@H]1O[C@@H]1O[C@H](CO)[C@H](O)[C@H](O)[C@H]1O. The highest BCUT2D eigenvalue weighted by Gasteiger charge is 2.48. The van der Waals surface area contributed by atoms with Crippen LogP contribution in [0.4, 0.5) is 0 Å². The van der Waals surface area contributed by atoms with E-state index in [1.807, 2.05) is 0 Å². The lowest BCUT2D eigenvalue weighted by Crippen LogP contribution is -2.60. The van der Waals surface area contributed by atoms with Crippen molar-refractivity contribution in [3.8, 4) is 23.0 Å². The highest BCUT2D eigenvalue weighted by atomic mass is 16.7. The summed E-state index contributed by atoms with van der Waals surface area (Å²) in [4.78, 5) is 13.2. The van der Waals surface area contributed by atoms with Crippen molar-refractivity contribution in [3.05, 3.63) is 47.5 Å². The van der Waals surface area contributed by atoms with Crippen LogP contribution in [0.15, 0.2) is 36.4 Å². The standard InChI is InChI=1S/C21H22O11/c22-7-14-16(27)17(28)18(29)21(31-14)32-20-15(26)10-3-2-9(23)6-13(10)30-19(20)8-1-4-11(24)12(25)5-8/h1-6,14,16-25,27-29H,7H2/t14-,16+,17+,18-,19-,20-,21+/m1/s1. The first-order chi connectivity index (χ1) is 15.2. The van der Waals surface area contributed by atoms with Crippen LogP contribution in [0, 0.1) is 0 Å². The van der Waals surface area contributed by atoms with Crippen LogP contribution in [0.2, 0.25) is 0 Å². The first-order valence-electron chi connectivity index (χ1n) is 9.73. The second-order valence-corrected chi connectivity index (χ2v) is 7.59. The number of rotatable bonds is 4. The van der Waals surface area contributed by atoms with Crippen LogP contribution in [0.25, 0.3) is 0 Å². The molecule has 11 nitrogen and oxygen atoms in total. The highest BCUT2D eigenvalue weighted by Crippen LogP contribution is 2.41. The Morgan fingerprint density at radius 1 is 0.906 bits per heavy atom. The predicted octanol–water partition coefficient (Wildman–Crippen LogP) is -0.695. The van der Waals surface area contributed by atoms with Crippen molar-refractivity contribution in [1.82, 2.24) is 0 Å². The van der Waals surface area contributed by atoms with Crippen molar-refractivity contribution in [1.29, 1.82) is 0 Å². The number of carbonyl (C=O) groups is 1. The lowest BCUT2D eigenvalue weighted by Gasteiger charge is -2.42. The number of aliphatic hydroxyl groups is 4. The molecule has 0 aromatic heterocycles. The van der Waals surface area contributed by atoms with Gasteiger partial charge < -0.3 is 50.0 Å². The average molecular weight is 450 g/mol. The van der Waals surface area contributed by atoms with Gasteiger partial charge in [-0.25, -0.2) is 0 Å². The zero-order valence-electron chi connectivity index (χ0n) is 16.5. The second kappa shape index (κ2) is 8.54. The quantitative estimate of drug-likeness (QED) is 0.292. The molecule has 11 heteroatoms. The maximum Gasteiger partial charge on any atom is 0.199 e. The second-order valence-electron chi connectivity index (χ2n) is 7.59. The molecule has 32 heavy (non-hydrogen) atoms. The topological polar surface area (TPSA) is 186 Å². The Hall–Kier alpha value is -2.93. The molecule has 0 radical (unpaired) electrons. The van der Waals surface area contributed by atoms with Crippen molar-refractivity contribution in [2.45, 2.75) is 42.9 Å². The molecule has 4 rings (SSSR count). The van der Waals surface area contributed by atoms with Gasteiger partial charge in [0.1, 0.15) is 35.9 Å². The first kappa shape index (κ1) is 22.3. The van der Waals surface area contributed by atoms with Crippen molar-refractivity contribution in [3.63, 3.8) is 0 Å². The minimum absolute atomic E-state index is 0.0428. The molecular weight excluding hydrogens is 428 g/mol. The molecule has 0 amide bonds. The Balaban J connectivity index is 1.71. The normalized spacial score (nSPS) is 32.2. The maximum atomic E-state index is 13.2. The predicted molar refractivity (Wildman–Crippen MR) is 104 cm³/mol. The minimum atomic E-state index is -1.75. The van der Waals surface area contributed by atoms with E-state index in [1.54, 1.807) is 0 Å². The highest BCUT2D eigenvalue weighted by molar-refractivity contribution is 6.03. The van der Waals surface area contributed by atoms with Gasteiger partial charge in [0, 0.05) is 6.07 Å². The summed E-state index contributed by atoms with van der Waals surface area (Å²) in [5.74, 6) is -1.61. The van der Waals surface area contributed by atoms with E-state index in [4.69, 9.17) is 14.2 Å². The van der Waals surface area contributed by atoms with E-state index >= 15 is 0 Å². The van der Waals surface area contributed by atoms with Crippen molar-refractivity contribution < 1.29 is 54.8 Å². The van der Waals surface area contributed by atoms with Gasteiger partial charge in [-0.1, -0.05) is 6.07 Å². The third-order valence-corrected chi connectivity index (χ3v) is 5.48. The van der Waals surface area contributed by atoms with E-state index in [-0.39, 0.29) is 22.6 Å². The number of ketones is 1. The molecule has 172 valence electrons. The molecule has 2 aliphatic rings. The largest absolute Gasteiger partial charge is 0.508 e. The molecule has 2 aromatic rings. The number of hydrogen-bond donors (Lipinski definition) is 7. The summed E-state index contributed by atoms with van der Waals surface area (Å²) in [6.45, 7) is -0.683. The number of Topliss-reactive ketones (excluding diaryl/α,β-unsaturated/α-hetero) is 1. The number of carbonyl (C=O) groups excluding carboxylic acids is 1. The molecule has 0 saturated carbocycles. The van der Waals surface area contributed by atoms with Gasteiger partial charge in [-0.05, 0) is 29.8 Å². The van der Waals surface area contributed by atoms with Crippen LogP contribution in [0.1, 0.15) is 22.0 Å². The number of aromatic hydroxyl groups is 3. The molecule has 0 spiro atoms. The smallest absolute Gasteiger partial charge is 0.199 e. The van der Waals surface area contributed by atoms with E-state index in [2.05, 4.69) is 0 Å². The maximum absolute atomic E-state index is 13.2. The molecule has 0 aliphatic carbocycles. The Labute approximate surface area is 181 Å². The van der Waals surface area contributed by atoms with Gasteiger partial charge in [0.05, 0.1) is 12.2 Å². The van der Waals surface area contributed by atoms with E-state index < -0.39 is 66.8 Å². The number of phenols is 3. The van der Waals surface area contributed by atoms with E-state index in [1.165, 1.54) is 30.3 Å². The van der Waals surface area contributed by atoms with Crippen LogP contribution in [0.3, 0.4) is 0 Å². The lowest BCUT2D eigenvalue weighted by atomic mass is 9.92. The summed E-state index contributed by atoms with van der Waals surface area (Å²) < 4.78 is 16.9. The van der Waals surface area contributed by atoms with Gasteiger partial charge in [0.2, 0.25) is 0 Å². The number of benzene rings is 2. The van der Waals surface area contributed by atoms with Crippen molar-refractivity contribution in [2.24, 2.45) is 0 Å². The molecule has 0 unspecified atom stereocenters. The first-order valence-corrected chi connectivity index (χ1v) is 9.73. The third kappa shape index (κ3) is 3.86. The molecule has 7 N–H and O–H groups in total. The molecule has 7 atom stereocenters. The fraction of sp³-hybridized carbons (Fsp3) is 0.381. The molecule has 0 bridgehead atoms. The Bertz CT molecular complexity index is 1010. The van der Waals surface area contributed by atoms with Gasteiger partial charge in [0.25, 0.3) is 0 Å². The van der Waals surface area contributed by atoms with Crippen LogP contribution in [-0.4, -0.2) is 84.9 Å². The Morgan fingerprint density at radius 3 is 2.34 bits per heavy atom. The fourth-order valence-corrected chi connectivity index (χ4v) is 3.72. The molecular formula is C21H22O11. The molecule has 2 heterocycles. The summed E-state index contributed by atoms with van der Waals surface area (Å²) in [7, 11) is 0. The van der Waals surface area contributed by atoms with Crippen LogP contribution in [0.5, 0.6) is 23.0 Å². The zero-order valence-corrected chi connectivity index (χ0v) is 16.5. The van der Waals surface area contributed by atoms with Gasteiger partial charge in [0.15, 0.2) is 35.8 Å². The van der Waals surface area contributed by atoms with Crippen molar-refractivity contribution in [2.75, 3.05) is 6.61 Å². The summed E-state index contributed by atoms with van der Waals surface area (Å²) in [6.07, 6.45) is -10.6. The van der Waals surface area contributed by atoms with E-state index in [9.17, 15) is 40.5 Å². The summed E-state index contributed by atoms with van der Waals surface area (Å²) >= 11 is 0. The van der Waals surface area contributed by atoms with Crippen LogP contribution >= 0.6 is 0 Å². The third-order valence-electron chi connectivity index (χ3n) is 5.48. The monoisotopic (exact) mass is 450 g/mol. The minimum Gasteiger partial charge on any atom is -0.508 e. The van der Waals surface area contributed by atoms with Gasteiger partial charge >= 0.3 is 0 Å². The number of ether oxygens (including phenoxy) is 3. The zero-order chi connectivity index (χ0) is 23.2. The van der Waals surface area contributed by atoms with Gasteiger partial charge in [-0.2, -0.15) is 0 Å². The van der Waals surface area contributed by atoms with Crippen LogP contribution in [-0.2, 0) is 9.47 Å². The number of aliphatic hydroxyl groups excluding tert-OH is 4. The lowest BCUT2D eigenvalue weighted by molar-refractivity contribution is -0.311. The molecule has 2 aromatic carbocycles. The van der Waals surface area contributed by atoms with Crippen molar-refractivity contribution >= 4 is 5.78 Å². The summed E-state index contributed by atoms with van der Waals surface area (Å²) in [6, 6.07) is 7.54. The Kier molecular flexibility index (Phi) is 5.95. The Morgan fingerprint density at radius 2 is 1.66 bits per heavy atom. The summed E-state index contributed by atoms with van der Waals surface area (Å²) in [5, 5.41) is 68.9.